The number of carbonyl (C=O) groups is 2. The number of hydrogen-bond acceptors (Lipinski definition) is 3. The van der Waals surface area contributed by atoms with Gasteiger partial charge in [0.25, 0.3) is 0 Å². The van der Waals surface area contributed by atoms with Crippen LogP contribution in [0.15, 0.2) is 0 Å². The second-order valence-electron chi connectivity index (χ2n) is 5.07. The Morgan fingerprint density at radius 1 is 1.29 bits per heavy atom. The van der Waals surface area contributed by atoms with Gasteiger partial charge in [0.2, 0.25) is 5.91 Å². The van der Waals surface area contributed by atoms with Gasteiger partial charge in [-0.3, -0.25) is 9.59 Å². The van der Waals surface area contributed by atoms with E-state index in [4.69, 9.17) is 4.74 Å². The predicted octanol–water partition coefficient (Wildman–Crippen LogP) is 1.74. The number of carbonyl (C=O) groups excluding carboxylic acids is 2. The second kappa shape index (κ2) is 6.62. The molecule has 98 valence electrons. The van der Waals surface area contributed by atoms with Crippen LogP contribution < -0.4 is 5.32 Å². The number of rotatable bonds is 4. The molecule has 0 aromatic rings. The van der Waals surface area contributed by atoms with Crippen LogP contribution >= 0.6 is 0 Å². The molecule has 4 heteroatoms. The molecule has 1 aliphatic carbocycles. The lowest BCUT2D eigenvalue weighted by molar-refractivity contribution is -0.148. The predicted molar refractivity (Wildman–Crippen MR) is 65.3 cm³/mol. The summed E-state index contributed by atoms with van der Waals surface area (Å²) < 4.78 is 4.82. The van der Waals surface area contributed by atoms with Gasteiger partial charge in [-0.15, -0.1) is 0 Å². The van der Waals surface area contributed by atoms with E-state index >= 15 is 0 Å². The van der Waals surface area contributed by atoms with E-state index in [1.807, 2.05) is 13.8 Å². The molecule has 1 fully saturated rings. The molecule has 0 aliphatic heterocycles. The van der Waals surface area contributed by atoms with Gasteiger partial charge in [-0.1, -0.05) is 26.7 Å². The van der Waals surface area contributed by atoms with Gasteiger partial charge in [0, 0.05) is 12.5 Å². The Kier molecular flexibility index (Phi) is 5.45. The van der Waals surface area contributed by atoms with Crippen LogP contribution in [-0.2, 0) is 14.3 Å². The summed E-state index contributed by atoms with van der Waals surface area (Å²) in [5, 5.41) is 2.91. The zero-order chi connectivity index (χ0) is 12.8. The van der Waals surface area contributed by atoms with E-state index in [1.165, 1.54) is 7.11 Å². The molecule has 1 N–H and O–H groups in total. The third-order valence-electron chi connectivity index (χ3n) is 3.48. The molecule has 2 atom stereocenters. The van der Waals surface area contributed by atoms with E-state index in [-0.39, 0.29) is 29.6 Å². The van der Waals surface area contributed by atoms with E-state index in [2.05, 4.69) is 5.32 Å². The SMILES string of the molecule is COC(=O)C1CCCCC1CNC(=O)C(C)C. The van der Waals surface area contributed by atoms with E-state index in [0.29, 0.717) is 6.54 Å². The summed E-state index contributed by atoms with van der Waals surface area (Å²) in [6.45, 7) is 4.33. The quantitative estimate of drug-likeness (QED) is 0.763. The summed E-state index contributed by atoms with van der Waals surface area (Å²) in [4.78, 5) is 23.1. The summed E-state index contributed by atoms with van der Waals surface area (Å²) in [5.41, 5.74) is 0. The fourth-order valence-electron chi connectivity index (χ4n) is 2.35. The van der Waals surface area contributed by atoms with E-state index in [1.54, 1.807) is 0 Å². The lowest BCUT2D eigenvalue weighted by Crippen LogP contribution is -2.39. The summed E-state index contributed by atoms with van der Waals surface area (Å²) in [6.07, 6.45) is 4.09. The average Bonchev–Trinajstić information content (AvgIpc) is 2.35. The van der Waals surface area contributed by atoms with Gasteiger partial charge >= 0.3 is 5.97 Å². The molecule has 0 heterocycles. The third-order valence-corrected chi connectivity index (χ3v) is 3.48. The molecule has 17 heavy (non-hydrogen) atoms. The second-order valence-corrected chi connectivity index (χ2v) is 5.07. The minimum absolute atomic E-state index is 0.00447. The van der Waals surface area contributed by atoms with Crippen molar-refractivity contribution in [3.63, 3.8) is 0 Å². The molecular formula is C13H23NO3. The number of ether oxygens (including phenoxy) is 1. The van der Waals surface area contributed by atoms with Crippen LogP contribution in [-0.4, -0.2) is 25.5 Å². The van der Waals surface area contributed by atoms with E-state index in [0.717, 1.165) is 25.7 Å². The fraction of sp³-hybridized carbons (Fsp3) is 0.846. The van der Waals surface area contributed by atoms with Crippen LogP contribution in [0.25, 0.3) is 0 Å². The molecule has 1 aliphatic rings. The van der Waals surface area contributed by atoms with Crippen molar-refractivity contribution in [2.75, 3.05) is 13.7 Å². The summed E-state index contributed by atoms with van der Waals surface area (Å²) in [7, 11) is 1.43. The molecular weight excluding hydrogens is 218 g/mol. The maximum absolute atomic E-state index is 11.6. The Balaban J connectivity index is 2.48. The maximum atomic E-state index is 11.6. The molecule has 1 saturated carbocycles. The van der Waals surface area contributed by atoms with Gasteiger partial charge in [0.15, 0.2) is 0 Å². The molecule has 0 aromatic carbocycles. The van der Waals surface area contributed by atoms with Crippen LogP contribution in [0, 0.1) is 17.8 Å². The Morgan fingerprint density at radius 2 is 1.94 bits per heavy atom. The van der Waals surface area contributed by atoms with Gasteiger partial charge in [-0.05, 0) is 18.8 Å². The summed E-state index contributed by atoms with van der Waals surface area (Å²) in [6, 6.07) is 0. The van der Waals surface area contributed by atoms with Crippen molar-refractivity contribution in [1.82, 2.24) is 5.32 Å². The average molecular weight is 241 g/mol. The molecule has 0 saturated heterocycles. The van der Waals surface area contributed by atoms with Crippen LogP contribution in [0.5, 0.6) is 0 Å². The Bertz CT molecular complexity index is 276. The highest BCUT2D eigenvalue weighted by Gasteiger charge is 2.31. The number of methoxy groups -OCH3 is 1. The van der Waals surface area contributed by atoms with E-state index in [9.17, 15) is 9.59 Å². The van der Waals surface area contributed by atoms with E-state index < -0.39 is 0 Å². The van der Waals surface area contributed by atoms with Crippen LogP contribution in [0.3, 0.4) is 0 Å². The highest BCUT2D eigenvalue weighted by Crippen LogP contribution is 2.30. The molecule has 0 spiro atoms. The van der Waals surface area contributed by atoms with Crippen molar-refractivity contribution >= 4 is 11.9 Å². The molecule has 4 nitrogen and oxygen atoms in total. The zero-order valence-electron chi connectivity index (χ0n) is 11.0. The molecule has 0 radical (unpaired) electrons. The summed E-state index contributed by atoms with van der Waals surface area (Å²) in [5.74, 6) is 0.114. The minimum atomic E-state index is -0.131. The first-order chi connectivity index (χ1) is 8.06. The number of hydrogen-bond donors (Lipinski definition) is 1. The molecule has 1 rings (SSSR count). The molecule has 0 aromatic heterocycles. The van der Waals surface area contributed by atoms with Gasteiger partial charge < -0.3 is 10.1 Å². The highest BCUT2D eigenvalue weighted by molar-refractivity contribution is 5.78. The van der Waals surface area contributed by atoms with Gasteiger partial charge in [-0.2, -0.15) is 0 Å². The molecule has 0 bridgehead atoms. The zero-order valence-corrected chi connectivity index (χ0v) is 11.0. The van der Waals surface area contributed by atoms with Crippen molar-refractivity contribution in [2.45, 2.75) is 39.5 Å². The smallest absolute Gasteiger partial charge is 0.309 e. The maximum Gasteiger partial charge on any atom is 0.309 e. The summed E-state index contributed by atoms with van der Waals surface area (Å²) >= 11 is 0. The lowest BCUT2D eigenvalue weighted by Gasteiger charge is -2.29. The van der Waals surface area contributed by atoms with Gasteiger partial charge in [0.1, 0.15) is 0 Å². The third kappa shape index (κ3) is 4.02. The van der Waals surface area contributed by atoms with Crippen molar-refractivity contribution in [1.29, 1.82) is 0 Å². The Morgan fingerprint density at radius 3 is 2.53 bits per heavy atom. The van der Waals surface area contributed by atoms with Crippen molar-refractivity contribution in [2.24, 2.45) is 17.8 Å². The van der Waals surface area contributed by atoms with Crippen LogP contribution in [0.4, 0.5) is 0 Å². The minimum Gasteiger partial charge on any atom is -0.469 e. The number of nitrogens with one attached hydrogen (secondary N) is 1. The van der Waals surface area contributed by atoms with Gasteiger partial charge in [0.05, 0.1) is 13.0 Å². The monoisotopic (exact) mass is 241 g/mol. The normalized spacial score (nSPS) is 24.5. The first kappa shape index (κ1) is 14.0. The highest BCUT2D eigenvalue weighted by atomic mass is 16.5. The number of amides is 1. The van der Waals surface area contributed by atoms with Gasteiger partial charge in [-0.25, -0.2) is 0 Å². The van der Waals surface area contributed by atoms with Crippen molar-refractivity contribution in [3.05, 3.63) is 0 Å². The largest absolute Gasteiger partial charge is 0.469 e. The Hall–Kier alpha value is -1.06. The first-order valence-electron chi connectivity index (χ1n) is 6.41. The van der Waals surface area contributed by atoms with Crippen LogP contribution in [0.1, 0.15) is 39.5 Å². The standard InChI is InChI=1S/C13H23NO3/c1-9(2)12(15)14-8-10-6-4-5-7-11(10)13(16)17-3/h9-11H,4-8H2,1-3H3,(H,14,15). The Labute approximate surface area is 103 Å². The molecule has 2 unspecified atom stereocenters. The molecule has 1 amide bonds. The number of esters is 1. The van der Waals surface area contributed by atoms with Crippen LogP contribution in [0.2, 0.25) is 0 Å². The van der Waals surface area contributed by atoms with Crippen molar-refractivity contribution < 1.29 is 14.3 Å². The first-order valence-corrected chi connectivity index (χ1v) is 6.41. The topological polar surface area (TPSA) is 55.4 Å². The van der Waals surface area contributed by atoms with Crippen molar-refractivity contribution in [3.8, 4) is 0 Å². The fourth-order valence-corrected chi connectivity index (χ4v) is 2.35. The lowest BCUT2D eigenvalue weighted by atomic mass is 9.79.